The van der Waals surface area contributed by atoms with Gasteiger partial charge in [0.1, 0.15) is 0 Å². The molecule has 0 amide bonds. The number of hydrogen-bond acceptors (Lipinski definition) is 5. The third-order valence-electron chi connectivity index (χ3n) is 2.09. The number of H-pyrrole nitrogens is 1. The number of nitrogen functional groups attached to an aromatic ring is 1. The van der Waals surface area contributed by atoms with Crippen LogP contribution < -0.4 is 11.3 Å². The Bertz CT molecular complexity index is 654. The highest BCUT2D eigenvalue weighted by molar-refractivity contribution is 7.99. The summed E-state index contributed by atoms with van der Waals surface area (Å²) >= 11 is 1.06. The molecule has 0 spiro atoms. The average Bonchev–Trinajstić information content (AvgIpc) is 2.31. The normalized spacial score (nSPS) is 10.2. The molecule has 4 N–H and O–H groups in total. The van der Waals surface area contributed by atoms with Gasteiger partial charge in [-0.05, 0) is 18.2 Å². The van der Waals surface area contributed by atoms with Crippen molar-refractivity contribution in [2.45, 2.75) is 10.1 Å². The molecular weight excluding hydrogens is 254 g/mol. The molecule has 0 aliphatic heterocycles. The van der Waals surface area contributed by atoms with Gasteiger partial charge < -0.3 is 15.8 Å². The van der Waals surface area contributed by atoms with E-state index in [0.717, 1.165) is 11.8 Å². The van der Waals surface area contributed by atoms with Crippen molar-refractivity contribution in [3.63, 3.8) is 0 Å². The fourth-order valence-corrected chi connectivity index (χ4v) is 2.18. The van der Waals surface area contributed by atoms with Gasteiger partial charge in [0.15, 0.2) is 5.16 Å². The second-order valence-corrected chi connectivity index (χ2v) is 4.43. The Morgan fingerprint density at radius 1 is 1.39 bits per heavy atom. The van der Waals surface area contributed by atoms with Crippen molar-refractivity contribution in [2.75, 3.05) is 5.73 Å². The van der Waals surface area contributed by atoms with Gasteiger partial charge in [-0.3, -0.25) is 4.79 Å². The molecule has 2 rings (SSSR count). The van der Waals surface area contributed by atoms with Crippen molar-refractivity contribution in [3.05, 3.63) is 46.4 Å². The maximum Gasteiger partial charge on any atom is 0.336 e. The number of carboxylic acid groups (broad SMARTS) is 1. The minimum atomic E-state index is -1.08. The smallest absolute Gasteiger partial charge is 0.336 e. The molecule has 18 heavy (non-hydrogen) atoms. The van der Waals surface area contributed by atoms with E-state index in [-0.39, 0.29) is 11.1 Å². The van der Waals surface area contributed by atoms with Crippen LogP contribution in [0.1, 0.15) is 10.4 Å². The first kappa shape index (κ1) is 12.2. The maximum atomic E-state index is 11.1. The molecule has 2 aromatic rings. The molecule has 0 unspecified atom stereocenters. The summed E-state index contributed by atoms with van der Waals surface area (Å²) in [5.74, 6) is -1.08. The summed E-state index contributed by atoms with van der Waals surface area (Å²) in [7, 11) is 0. The van der Waals surface area contributed by atoms with Crippen LogP contribution in [0.2, 0.25) is 0 Å². The number of nitrogens with two attached hydrogens (primary N) is 1. The number of carbonyl (C=O) groups is 1. The summed E-state index contributed by atoms with van der Waals surface area (Å²) < 4.78 is 0. The number of anilines is 1. The predicted molar refractivity (Wildman–Crippen MR) is 66.8 cm³/mol. The van der Waals surface area contributed by atoms with Gasteiger partial charge in [0, 0.05) is 22.8 Å². The van der Waals surface area contributed by atoms with Gasteiger partial charge in [0.05, 0.1) is 5.56 Å². The summed E-state index contributed by atoms with van der Waals surface area (Å²) in [6.45, 7) is 0. The van der Waals surface area contributed by atoms with Crippen LogP contribution in [-0.2, 0) is 0 Å². The van der Waals surface area contributed by atoms with Gasteiger partial charge in [0.2, 0.25) is 0 Å². The molecule has 1 heterocycles. The second-order valence-electron chi connectivity index (χ2n) is 3.40. The molecule has 7 heteroatoms. The van der Waals surface area contributed by atoms with E-state index < -0.39 is 5.97 Å². The Morgan fingerprint density at radius 2 is 2.17 bits per heavy atom. The molecule has 0 aliphatic carbocycles. The van der Waals surface area contributed by atoms with E-state index >= 15 is 0 Å². The van der Waals surface area contributed by atoms with E-state index in [0.29, 0.717) is 15.7 Å². The van der Waals surface area contributed by atoms with Gasteiger partial charge in [0.25, 0.3) is 5.56 Å². The maximum absolute atomic E-state index is 11.1. The molecule has 0 atom stereocenters. The summed E-state index contributed by atoms with van der Waals surface area (Å²) in [6, 6.07) is 5.82. The topological polar surface area (TPSA) is 109 Å². The van der Waals surface area contributed by atoms with Crippen LogP contribution in [0.5, 0.6) is 0 Å². The Balaban J connectivity index is 2.40. The zero-order chi connectivity index (χ0) is 13.1. The molecule has 1 aromatic carbocycles. The van der Waals surface area contributed by atoms with E-state index in [1.807, 2.05) is 0 Å². The molecule has 1 aromatic heterocycles. The van der Waals surface area contributed by atoms with Crippen molar-refractivity contribution >= 4 is 23.4 Å². The number of aromatic amines is 1. The first-order chi connectivity index (χ1) is 8.56. The van der Waals surface area contributed by atoms with E-state index in [4.69, 9.17) is 10.8 Å². The zero-order valence-electron chi connectivity index (χ0n) is 9.08. The van der Waals surface area contributed by atoms with Gasteiger partial charge in [-0.15, -0.1) is 0 Å². The van der Waals surface area contributed by atoms with Crippen LogP contribution in [0.3, 0.4) is 0 Å². The number of benzene rings is 1. The third kappa shape index (κ3) is 2.69. The van der Waals surface area contributed by atoms with Gasteiger partial charge in [-0.1, -0.05) is 11.8 Å². The molecule has 6 nitrogen and oxygen atoms in total. The van der Waals surface area contributed by atoms with Crippen molar-refractivity contribution in [3.8, 4) is 0 Å². The monoisotopic (exact) mass is 263 g/mol. The zero-order valence-corrected chi connectivity index (χ0v) is 9.90. The number of aromatic carboxylic acids is 1. The second kappa shape index (κ2) is 4.92. The van der Waals surface area contributed by atoms with Crippen LogP contribution in [0.15, 0.2) is 45.3 Å². The highest BCUT2D eigenvalue weighted by Gasteiger charge is 2.12. The summed E-state index contributed by atoms with van der Waals surface area (Å²) in [5, 5.41) is 9.39. The van der Waals surface area contributed by atoms with E-state index in [1.54, 1.807) is 12.1 Å². The molecule has 0 radical (unpaired) electrons. The van der Waals surface area contributed by atoms with Gasteiger partial charge in [-0.2, -0.15) is 0 Å². The van der Waals surface area contributed by atoms with Crippen LogP contribution in [-0.4, -0.2) is 21.0 Å². The number of hydrogen-bond donors (Lipinski definition) is 3. The lowest BCUT2D eigenvalue weighted by atomic mass is 10.2. The number of aromatic nitrogens is 2. The Kier molecular flexibility index (Phi) is 3.33. The van der Waals surface area contributed by atoms with Crippen molar-refractivity contribution in [1.82, 2.24) is 9.97 Å². The molecule has 0 fully saturated rings. The lowest BCUT2D eigenvalue weighted by molar-refractivity contribution is 0.0693. The van der Waals surface area contributed by atoms with Crippen LogP contribution >= 0.6 is 11.8 Å². The average molecular weight is 263 g/mol. The Morgan fingerprint density at radius 3 is 2.83 bits per heavy atom. The highest BCUT2D eigenvalue weighted by atomic mass is 32.2. The fraction of sp³-hybridized carbons (Fsp3) is 0. The van der Waals surface area contributed by atoms with Crippen molar-refractivity contribution in [2.24, 2.45) is 0 Å². The molecule has 0 aliphatic rings. The SMILES string of the molecule is Nc1ccc(Sc2nccc(=O)[nH]2)c(C(=O)O)c1. The van der Waals surface area contributed by atoms with E-state index in [2.05, 4.69) is 9.97 Å². The summed E-state index contributed by atoms with van der Waals surface area (Å²) in [4.78, 5) is 29.1. The quantitative estimate of drug-likeness (QED) is 0.567. The molecule has 0 saturated carbocycles. The molecular formula is C11H9N3O3S. The lowest BCUT2D eigenvalue weighted by Crippen LogP contribution is -2.06. The number of carboxylic acids is 1. The van der Waals surface area contributed by atoms with Gasteiger partial charge in [-0.25, -0.2) is 9.78 Å². The third-order valence-corrected chi connectivity index (χ3v) is 3.07. The Labute approximate surface area is 106 Å². The summed E-state index contributed by atoms with van der Waals surface area (Å²) in [6.07, 6.45) is 1.36. The first-order valence-corrected chi connectivity index (χ1v) is 5.74. The van der Waals surface area contributed by atoms with Crippen LogP contribution in [0.25, 0.3) is 0 Å². The highest BCUT2D eigenvalue weighted by Crippen LogP contribution is 2.28. The van der Waals surface area contributed by atoms with Crippen LogP contribution in [0, 0.1) is 0 Å². The Hall–Kier alpha value is -2.28. The first-order valence-electron chi connectivity index (χ1n) is 4.92. The van der Waals surface area contributed by atoms with Crippen molar-refractivity contribution < 1.29 is 9.90 Å². The van der Waals surface area contributed by atoms with Crippen molar-refractivity contribution in [1.29, 1.82) is 0 Å². The number of rotatable bonds is 3. The van der Waals surface area contributed by atoms with E-state index in [9.17, 15) is 9.59 Å². The fourth-order valence-electron chi connectivity index (χ4n) is 1.31. The minimum absolute atomic E-state index is 0.0755. The summed E-state index contributed by atoms with van der Waals surface area (Å²) in [5.41, 5.74) is 5.69. The lowest BCUT2D eigenvalue weighted by Gasteiger charge is -2.05. The van der Waals surface area contributed by atoms with E-state index in [1.165, 1.54) is 18.3 Å². The molecule has 0 bridgehead atoms. The molecule has 0 saturated heterocycles. The van der Waals surface area contributed by atoms with Gasteiger partial charge >= 0.3 is 5.97 Å². The predicted octanol–water partition coefficient (Wildman–Crippen LogP) is 1.20. The molecule has 92 valence electrons. The largest absolute Gasteiger partial charge is 0.478 e. The van der Waals surface area contributed by atoms with Crippen LogP contribution in [0.4, 0.5) is 5.69 Å². The number of nitrogens with one attached hydrogen (secondary N) is 1. The number of nitrogens with zero attached hydrogens (tertiary/aromatic N) is 1. The standard InChI is InChI=1S/C11H9N3O3S/c12-6-1-2-8(7(5-6)10(16)17)18-11-13-4-3-9(15)14-11/h1-5H,12H2,(H,16,17)(H,13,14,15). The minimum Gasteiger partial charge on any atom is -0.478 e.